The van der Waals surface area contributed by atoms with Crippen LogP contribution in [-0.4, -0.2) is 0 Å². The minimum Gasteiger partial charge on any atom is -0.197 e. The summed E-state index contributed by atoms with van der Waals surface area (Å²) in [6.07, 6.45) is 3.64. The van der Waals surface area contributed by atoms with Crippen LogP contribution in [0.15, 0.2) is 4.47 Å². The van der Waals surface area contributed by atoms with Gasteiger partial charge < -0.3 is 0 Å². The molecule has 0 aromatic carbocycles. The largest absolute Gasteiger partial charge is 0.197 e. The zero-order valence-corrected chi connectivity index (χ0v) is 10.8. The Morgan fingerprint density at radius 2 is 2.14 bits per heavy atom. The van der Waals surface area contributed by atoms with Gasteiger partial charge in [-0.15, -0.1) is 11.3 Å². The number of rotatable bonds is 1. The third-order valence-electron chi connectivity index (χ3n) is 2.70. The molecule has 0 saturated carbocycles. The maximum absolute atomic E-state index is 9.10. The minimum atomic E-state index is -0.353. The molecule has 1 nitrogen and oxygen atoms in total. The van der Waals surface area contributed by atoms with Crippen LogP contribution in [-0.2, 0) is 18.3 Å². The molecule has 0 atom stereocenters. The smallest absolute Gasteiger partial charge is 0.0870 e. The van der Waals surface area contributed by atoms with E-state index in [4.69, 9.17) is 5.26 Å². The number of thiophene rings is 1. The van der Waals surface area contributed by atoms with Gasteiger partial charge in [-0.25, -0.2) is 0 Å². The first-order valence-electron chi connectivity index (χ1n) is 4.78. The van der Waals surface area contributed by atoms with Crippen LogP contribution >= 0.6 is 27.3 Å². The zero-order valence-electron chi connectivity index (χ0n) is 8.35. The van der Waals surface area contributed by atoms with E-state index in [1.165, 1.54) is 39.1 Å². The van der Waals surface area contributed by atoms with Crippen molar-refractivity contribution in [3.63, 3.8) is 0 Å². The summed E-state index contributed by atoms with van der Waals surface area (Å²) >= 11 is 5.45. The zero-order chi connectivity index (χ0) is 10.3. The first-order valence-corrected chi connectivity index (χ1v) is 6.39. The highest BCUT2D eigenvalue weighted by atomic mass is 79.9. The molecular weight excluding hydrogens is 258 g/mol. The van der Waals surface area contributed by atoms with Crippen molar-refractivity contribution < 1.29 is 0 Å². The monoisotopic (exact) mass is 269 g/mol. The van der Waals surface area contributed by atoms with Crippen molar-refractivity contribution in [2.24, 2.45) is 0 Å². The molecule has 0 amide bonds. The molecular formula is C11H12BrNS. The Bertz CT molecular complexity index is 412. The van der Waals surface area contributed by atoms with E-state index in [2.05, 4.69) is 22.0 Å². The van der Waals surface area contributed by atoms with Crippen molar-refractivity contribution in [2.45, 2.75) is 38.5 Å². The third-order valence-corrected chi connectivity index (χ3v) is 5.46. The first-order chi connectivity index (χ1) is 6.56. The average Bonchev–Trinajstić information content (AvgIpc) is 2.69. The third kappa shape index (κ3) is 1.41. The molecule has 1 aromatic rings. The van der Waals surface area contributed by atoms with Gasteiger partial charge in [-0.1, -0.05) is 0 Å². The van der Waals surface area contributed by atoms with Crippen molar-refractivity contribution in [3.8, 4) is 6.07 Å². The molecule has 0 radical (unpaired) electrons. The molecule has 1 aliphatic carbocycles. The summed E-state index contributed by atoms with van der Waals surface area (Å²) in [5.41, 5.74) is 1.10. The van der Waals surface area contributed by atoms with Gasteiger partial charge in [-0.2, -0.15) is 5.26 Å². The average molecular weight is 270 g/mol. The molecule has 2 rings (SSSR count). The first kappa shape index (κ1) is 10.2. The van der Waals surface area contributed by atoms with Gasteiger partial charge in [0.2, 0.25) is 0 Å². The van der Waals surface area contributed by atoms with Gasteiger partial charge in [0.05, 0.1) is 11.5 Å². The Labute approximate surface area is 96.9 Å². The summed E-state index contributed by atoms with van der Waals surface area (Å²) in [6.45, 7) is 3.97. The molecule has 3 heteroatoms. The SMILES string of the molecule is CC(C)(C#N)c1sc2c(c1Br)CCC2. The van der Waals surface area contributed by atoms with Crippen molar-refractivity contribution in [2.75, 3.05) is 0 Å². The van der Waals surface area contributed by atoms with E-state index in [9.17, 15) is 0 Å². The highest BCUT2D eigenvalue weighted by molar-refractivity contribution is 9.10. The lowest BCUT2D eigenvalue weighted by molar-refractivity contribution is 0.698. The molecule has 0 aliphatic heterocycles. The van der Waals surface area contributed by atoms with Crippen LogP contribution in [0.1, 0.15) is 35.6 Å². The van der Waals surface area contributed by atoms with E-state index in [0.717, 1.165) is 0 Å². The van der Waals surface area contributed by atoms with E-state index >= 15 is 0 Å². The molecule has 1 heterocycles. The topological polar surface area (TPSA) is 23.8 Å². The van der Waals surface area contributed by atoms with Crippen LogP contribution in [0.5, 0.6) is 0 Å². The van der Waals surface area contributed by atoms with E-state index in [0.29, 0.717) is 0 Å². The lowest BCUT2D eigenvalue weighted by Gasteiger charge is -2.13. The predicted molar refractivity (Wildman–Crippen MR) is 62.7 cm³/mol. The summed E-state index contributed by atoms with van der Waals surface area (Å²) in [4.78, 5) is 2.68. The van der Waals surface area contributed by atoms with Crippen molar-refractivity contribution in [1.29, 1.82) is 5.26 Å². The standard InChI is InChI=1S/C11H12BrNS/c1-11(2,6-13)10-9(12)7-4-3-5-8(7)14-10/h3-5H2,1-2H3. The Hall–Kier alpha value is -0.330. The number of fused-ring (bicyclic) bond motifs is 1. The van der Waals surface area contributed by atoms with Crippen molar-refractivity contribution in [3.05, 3.63) is 19.8 Å². The molecule has 1 aliphatic rings. The van der Waals surface area contributed by atoms with Gasteiger partial charge in [-0.05, 0) is 54.6 Å². The van der Waals surface area contributed by atoms with Crippen LogP contribution in [0, 0.1) is 11.3 Å². The Morgan fingerprint density at radius 3 is 2.71 bits per heavy atom. The quantitative estimate of drug-likeness (QED) is 0.761. The maximum Gasteiger partial charge on any atom is 0.0870 e. The lowest BCUT2D eigenvalue weighted by atomic mass is 9.93. The second-order valence-corrected chi connectivity index (χ2v) is 6.14. The van der Waals surface area contributed by atoms with Crippen LogP contribution in [0.2, 0.25) is 0 Å². The second-order valence-electron chi connectivity index (χ2n) is 4.24. The molecule has 0 bridgehead atoms. The Balaban J connectivity index is 2.53. The molecule has 74 valence electrons. The molecule has 0 fully saturated rings. The number of hydrogen-bond donors (Lipinski definition) is 0. The van der Waals surface area contributed by atoms with Gasteiger partial charge in [0.1, 0.15) is 0 Å². The summed E-state index contributed by atoms with van der Waals surface area (Å²) in [5, 5.41) is 9.10. The molecule has 0 N–H and O–H groups in total. The Morgan fingerprint density at radius 1 is 1.43 bits per heavy atom. The van der Waals surface area contributed by atoms with Crippen LogP contribution in [0.4, 0.5) is 0 Å². The highest BCUT2D eigenvalue weighted by Crippen LogP contribution is 2.44. The van der Waals surface area contributed by atoms with Gasteiger partial charge in [-0.3, -0.25) is 0 Å². The van der Waals surface area contributed by atoms with E-state index < -0.39 is 0 Å². The summed E-state index contributed by atoms with van der Waals surface area (Å²) < 4.78 is 1.20. The molecule has 0 spiro atoms. The van der Waals surface area contributed by atoms with Gasteiger partial charge in [0.15, 0.2) is 0 Å². The maximum atomic E-state index is 9.10. The van der Waals surface area contributed by atoms with Crippen molar-refractivity contribution in [1.82, 2.24) is 0 Å². The minimum absolute atomic E-state index is 0.353. The fourth-order valence-electron chi connectivity index (χ4n) is 1.82. The predicted octanol–water partition coefficient (Wildman–Crippen LogP) is 3.80. The summed E-state index contributed by atoms with van der Waals surface area (Å²) in [7, 11) is 0. The van der Waals surface area contributed by atoms with E-state index in [1.54, 1.807) is 0 Å². The number of nitriles is 1. The van der Waals surface area contributed by atoms with Crippen LogP contribution in [0.25, 0.3) is 0 Å². The number of halogens is 1. The van der Waals surface area contributed by atoms with Crippen molar-refractivity contribution >= 4 is 27.3 Å². The molecule has 1 aromatic heterocycles. The molecule has 0 saturated heterocycles. The van der Waals surface area contributed by atoms with Crippen LogP contribution < -0.4 is 0 Å². The second kappa shape index (κ2) is 3.36. The fourth-order valence-corrected chi connectivity index (χ4v) is 4.46. The van der Waals surface area contributed by atoms with E-state index in [-0.39, 0.29) is 5.41 Å². The summed E-state index contributed by atoms with van der Waals surface area (Å²) in [6, 6.07) is 2.37. The number of hydrogen-bond acceptors (Lipinski definition) is 2. The van der Waals surface area contributed by atoms with Gasteiger partial charge in [0.25, 0.3) is 0 Å². The Kier molecular flexibility index (Phi) is 2.45. The fraction of sp³-hybridized carbons (Fsp3) is 0.545. The molecule has 0 unspecified atom stereocenters. The van der Waals surface area contributed by atoms with E-state index in [1.807, 2.05) is 25.2 Å². The normalized spacial score (nSPS) is 15.3. The summed E-state index contributed by atoms with van der Waals surface area (Å²) in [5.74, 6) is 0. The van der Waals surface area contributed by atoms with Gasteiger partial charge in [0, 0.05) is 14.2 Å². The van der Waals surface area contributed by atoms with Crippen LogP contribution in [0.3, 0.4) is 0 Å². The lowest BCUT2D eigenvalue weighted by Crippen LogP contribution is -2.12. The molecule has 14 heavy (non-hydrogen) atoms. The number of aryl methyl sites for hydroxylation is 1. The highest BCUT2D eigenvalue weighted by Gasteiger charge is 2.30. The van der Waals surface area contributed by atoms with Gasteiger partial charge >= 0.3 is 0 Å². The number of nitrogens with zero attached hydrogens (tertiary/aromatic N) is 1.